The van der Waals surface area contributed by atoms with Crippen LogP contribution in [0.1, 0.15) is 30.4 Å². The SMILES string of the molecule is N#CC1(C(=O)N2Cc3ccccc3C2)CCC1. The molecule has 2 aliphatic rings. The summed E-state index contributed by atoms with van der Waals surface area (Å²) >= 11 is 0. The molecule has 3 nitrogen and oxygen atoms in total. The smallest absolute Gasteiger partial charge is 0.243 e. The molecule has 17 heavy (non-hydrogen) atoms. The van der Waals surface area contributed by atoms with Gasteiger partial charge in [-0.1, -0.05) is 24.3 Å². The molecule has 0 bridgehead atoms. The number of hydrogen-bond acceptors (Lipinski definition) is 2. The largest absolute Gasteiger partial charge is 0.333 e. The summed E-state index contributed by atoms with van der Waals surface area (Å²) in [5.74, 6) is 0.0300. The highest BCUT2D eigenvalue weighted by molar-refractivity contribution is 5.86. The van der Waals surface area contributed by atoms with Gasteiger partial charge in [-0.2, -0.15) is 5.26 Å². The molecule has 0 spiro atoms. The van der Waals surface area contributed by atoms with Crippen LogP contribution >= 0.6 is 0 Å². The van der Waals surface area contributed by atoms with E-state index in [9.17, 15) is 10.1 Å². The van der Waals surface area contributed by atoms with Crippen molar-refractivity contribution in [3.63, 3.8) is 0 Å². The van der Waals surface area contributed by atoms with E-state index in [-0.39, 0.29) is 5.91 Å². The van der Waals surface area contributed by atoms with Crippen LogP contribution in [0.3, 0.4) is 0 Å². The van der Waals surface area contributed by atoms with Gasteiger partial charge in [0.2, 0.25) is 5.91 Å². The first kappa shape index (κ1) is 10.3. The van der Waals surface area contributed by atoms with Crippen molar-refractivity contribution >= 4 is 5.91 Å². The molecular weight excluding hydrogens is 212 g/mol. The third-order valence-corrected chi connectivity index (χ3v) is 3.96. The predicted molar refractivity (Wildman–Crippen MR) is 62.6 cm³/mol. The van der Waals surface area contributed by atoms with E-state index in [4.69, 9.17) is 0 Å². The van der Waals surface area contributed by atoms with E-state index in [1.54, 1.807) is 0 Å². The van der Waals surface area contributed by atoms with Crippen LogP contribution in [0.15, 0.2) is 24.3 Å². The van der Waals surface area contributed by atoms with Crippen molar-refractivity contribution < 1.29 is 4.79 Å². The molecule has 0 N–H and O–H groups in total. The molecule has 1 aliphatic heterocycles. The third kappa shape index (κ3) is 1.44. The fraction of sp³-hybridized carbons (Fsp3) is 0.429. The number of nitrogens with zero attached hydrogens (tertiary/aromatic N) is 2. The Kier molecular flexibility index (Phi) is 2.19. The van der Waals surface area contributed by atoms with Crippen molar-refractivity contribution in [3.05, 3.63) is 35.4 Å². The molecule has 1 fully saturated rings. The lowest BCUT2D eigenvalue weighted by Gasteiger charge is -2.36. The van der Waals surface area contributed by atoms with E-state index >= 15 is 0 Å². The van der Waals surface area contributed by atoms with Gasteiger partial charge in [-0.25, -0.2) is 0 Å². The predicted octanol–water partition coefficient (Wildman–Crippen LogP) is 2.22. The average molecular weight is 226 g/mol. The number of fused-ring (bicyclic) bond motifs is 1. The summed E-state index contributed by atoms with van der Waals surface area (Å²) in [6.07, 6.45) is 2.46. The number of carbonyl (C=O) groups excluding carboxylic acids is 1. The van der Waals surface area contributed by atoms with Gasteiger partial charge >= 0.3 is 0 Å². The van der Waals surface area contributed by atoms with Gasteiger partial charge in [0.05, 0.1) is 6.07 Å². The maximum absolute atomic E-state index is 12.4. The maximum atomic E-state index is 12.4. The monoisotopic (exact) mass is 226 g/mol. The molecule has 1 saturated carbocycles. The first-order valence-electron chi connectivity index (χ1n) is 6.03. The Hall–Kier alpha value is -1.82. The van der Waals surface area contributed by atoms with Crippen LogP contribution in [-0.4, -0.2) is 10.8 Å². The Bertz CT molecular complexity index is 486. The molecule has 1 heterocycles. The number of rotatable bonds is 1. The minimum Gasteiger partial charge on any atom is -0.333 e. The second-order valence-electron chi connectivity index (χ2n) is 4.98. The molecule has 1 aromatic carbocycles. The lowest BCUT2D eigenvalue weighted by molar-refractivity contribution is -0.143. The molecule has 86 valence electrons. The molecule has 1 aliphatic carbocycles. The fourth-order valence-electron chi connectivity index (χ4n) is 2.68. The molecular formula is C14H14N2O. The van der Waals surface area contributed by atoms with Crippen LogP contribution < -0.4 is 0 Å². The summed E-state index contributed by atoms with van der Waals surface area (Å²) in [5.41, 5.74) is 1.73. The lowest BCUT2D eigenvalue weighted by Crippen LogP contribution is -2.45. The van der Waals surface area contributed by atoms with E-state index < -0.39 is 5.41 Å². The minimum absolute atomic E-state index is 0.0300. The topological polar surface area (TPSA) is 44.1 Å². The Labute approximate surface area is 101 Å². The fourth-order valence-corrected chi connectivity index (χ4v) is 2.68. The highest BCUT2D eigenvalue weighted by Gasteiger charge is 2.47. The average Bonchev–Trinajstić information content (AvgIpc) is 2.71. The summed E-state index contributed by atoms with van der Waals surface area (Å²) in [6, 6.07) is 10.3. The van der Waals surface area contributed by atoms with Crippen LogP contribution in [0.2, 0.25) is 0 Å². The van der Waals surface area contributed by atoms with Gasteiger partial charge in [0, 0.05) is 13.1 Å². The van der Waals surface area contributed by atoms with Crippen molar-refractivity contribution in [1.29, 1.82) is 5.26 Å². The van der Waals surface area contributed by atoms with Crippen LogP contribution in [0.4, 0.5) is 0 Å². The molecule has 3 heteroatoms. The summed E-state index contributed by atoms with van der Waals surface area (Å²) in [7, 11) is 0. The number of amides is 1. The maximum Gasteiger partial charge on any atom is 0.243 e. The van der Waals surface area contributed by atoms with Gasteiger partial charge in [0.15, 0.2) is 0 Å². The molecule has 1 amide bonds. The zero-order valence-corrected chi connectivity index (χ0v) is 9.65. The quantitative estimate of drug-likeness (QED) is 0.737. The van der Waals surface area contributed by atoms with Crippen LogP contribution in [0.25, 0.3) is 0 Å². The van der Waals surface area contributed by atoms with Gasteiger partial charge in [-0.15, -0.1) is 0 Å². The lowest BCUT2D eigenvalue weighted by atomic mass is 9.69. The van der Waals surface area contributed by atoms with Crippen molar-refractivity contribution in [2.24, 2.45) is 5.41 Å². The zero-order valence-electron chi connectivity index (χ0n) is 9.65. The Balaban J connectivity index is 1.81. The summed E-state index contributed by atoms with van der Waals surface area (Å²) in [4.78, 5) is 14.2. The zero-order chi connectivity index (χ0) is 11.9. The standard InChI is InChI=1S/C14H14N2O/c15-10-14(6-3-7-14)13(17)16-8-11-4-1-2-5-12(11)9-16/h1-2,4-5H,3,6-9H2. The summed E-state index contributed by atoms with van der Waals surface area (Å²) in [6.45, 7) is 1.33. The van der Waals surface area contributed by atoms with Gasteiger partial charge in [-0.3, -0.25) is 4.79 Å². The van der Waals surface area contributed by atoms with E-state index in [2.05, 4.69) is 18.2 Å². The highest BCUT2D eigenvalue weighted by atomic mass is 16.2. The van der Waals surface area contributed by atoms with Crippen LogP contribution in [-0.2, 0) is 17.9 Å². The van der Waals surface area contributed by atoms with Crippen molar-refractivity contribution in [3.8, 4) is 6.07 Å². The molecule has 0 radical (unpaired) electrons. The molecule has 0 saturated heterocycles. The first-order chi connectivity index (χ1) is 8.25. The highest BCUT2D eigenvalue weighted by Crippen LogP contribution is 2.43. The van der Waals surface area contributed by atoms with Gasteiger partial charge in [-0.05, 0) is 30.4 Å². The van der Waals surface area contributed by atoms with Gasteiger partial charge < -0.3 is 4.90 Å². The Morgan fingerprint density at radius 3 is 2.24 bits per heavy atom. The van der Waals surface area contributed by atoms with Crippen molar-refractivity contribution in [2.75, 3.05) is 0 Å². The van der Waals surface area contributed by atoms with E-state index in [0.717, 1.165) is 19.3 Å². The molecule has 0 unspecified atom stereocenters. The minimum atomic E-state index is -0.706. The molecule has 0 atom stereocenters. The molecule has 3 rings (SSSR count). The van der Waals surface area contributed by atoms with Crippen molar-refractivity contribution in [1.82, 2.24) is 4.90 Å². The second kappa shape index (κ2) is 3.59. The number of nitriles is 1. The number of hydrogen-bond donors (Lipinski definition) is 0. The molecule has 0 aromatic heterocycles. The van der Waals surface area contributed by atoms with E-state index in [1.165, 1.54) is 11.1 Å². The van der Waals surface area contributed by atoms with Gasteiger partial charge in [0.1, 0.15) is 5.41 Å². The second-order valence-corrected chi connectivity index (χ2v) is 4.98. The van der Waals surface area contributed by atoms with E-state index in [0.29, 0.717) is 13.1 Å². The Morgan fingerprint density at radius 1 is 1.24 bits per heavy atom. The van der Waals surface area contributed by atoms with Gasteiger partial charge in [0.25, 0.3) is 0 Å². The van der Waals surface area contributed by atoms with Crippen LogP contribution in [0.5, 0.6) is 0 Å². The summed E-state index contributed by atoms with van der Waals surface area (Å²) in [5, 5.41) is 9.19. The van der Waals surface area contributed by atoms with E-state index in [1.807, 2.05) is 17.0 Å². The first-order valence-corrected chi connectivity index (χ1v) is 6.03. The Morgan fingerprint density at radius 2 is 1.82 bits per heavy atom. The van der Waals surface area contributed by atoms with Crippen molar-refractivity contribution in [2.45, 2.75) is 32.4 Å². The van der Waals surface area contributed by atoms with Crippen LogP contribution in [0, 0.1) is 16.7 Å². The number of benzene rings is 1. The summed E-state index contributed by atoms with van der Waals surface area (Å²) < 4.78 is 0. The third-order valence-electron chi connectivity index (χ3n) is 3.96. The number of carbonyl (C=O) groups is 1. The normalized spacial score (nSPS) is 20.3. The molecule has 1 aromatic rings.